The van der Waals surface area contributed by atoms with E-state index in [-0.39, 0.29) is 6.04 Å². The molecule has 0 saturated heterocycles. The SMILES string of the molecule is NC1=NC2C=C(C(=CBr)c3ccccc3)C=CC2=N1. The highest BCUT2D eigenvalue weighted by Crippen LogP contribution is 2.29. The summed E-state index contributed by atoms with van der Waals surface area (Å²) in [4.78, 5) is 10.4. The Hall–Kier alpha value is -1.94. The van der Waals surface area contributed by atoms with Gasteiger partial charge in [-0.3, -0.25) is 0 Å². The third-order valence-corrected chi connectivity index (χ3v) is 3.55. The Bertz CT molecular complexity index is 651. The minimum Gasteiger partial charge on any atom is -0.368 e. The van der Waals surface area contributed by atoms with Crippen LogP contribution < -0.4 is 5.73 Å². The molecule has 0 fully saturated rings. The van der Waals surface area contributed by atoms with Crippen LogP contribution in [0.5, 0.6) is 0 Å². The Morgan fingerprint density at radius 3 is 2.74 bits per heavy atom. The molecule has 1 aliphatic heterocycles. The van der Waals surface area contributed by atoms with E-state index in [1.54, 1.807) is 0 Å². The normalized spacial score (nSPS) is 21.6. The summed E-state index contributed by atoms with van der Waals surface area (Å²) in [5.74, 6) is 0.353. The number of hydrogen-bond acceptors (Lipinski definition) is 3. The van der Waals surface area contributed by atoms with Gasteiger partial charge in [0.15, 0.2) is 0 Å². The molecule has 2 N–H and O–H groups in total. The van der Waals surface area contributed by atoms with Gasteiger partial charge in [-0.15, -0.1) is 0 Å². The molecule has 4 heteroatoms. The second-order valence-corrected chi connectivity index (χ2v) is 4.77. The van der Waals surface area contributed by atoms with Crippen LogP contribution >= 0.6 is 15.9 Å². The minimum atomic E-state index is -0.0498. The van der Waals surface area contributed by atoms with Crippen molar-refractivity contribution >= 4 is 33.2 Å². The molecule has 0 spiro atoms. The topological polar surface area (TPSA) is 50.7 Å². The van der Waals surface area contributed by atoms with E-state index in [4.69, 9.17) is 5.73 Å². The van der Waals surface area contributed by atoms with Crippen molar-refractivity contribution in [2.45, 2.75) is 6.04 Å². The maximum atomic E-state index is 5.64. The molecule has 3 rings (SSSR count). The summed E-state index contributed by atoms with van der Waals surface area (Å²) in [7, 11) is 0. The number of aliphatic imine (C=N–C) groups is 2. The molecule has 1 unspecified atom stereocenters. The van der Waals surface area contributed by atoms with Crippen molar-refractivity contribution in [3.8, 4) is 0 Å². The molecular formula is C15H12BrN3. The molecule has 2 aliphatic rings. The van der Waals surface area contributed by atoms with Gasteiger partial charge in [-0.2, -0.15) is 0 Å². The smallest absolute Gasteiger partial charge is 0.216 e. The van der Waals surface area contributed by atoms with Crippen LogP contribution in [0.3, 0.4) is 0 Å². The van der Waals surface area contributed by atoms with Crippen LogP contribution in [0.4, 0.5) is 0 Å². The van der Waals surface area contributed by atoms with Crippen LogP contribution in [0.15, 0.2) is 69.1 Å². The molecule has 0 amide bonds. The summed E-state index contributed by atoms with van der Waals surface area (Å²) in [6.45, 7) is 0. The lowest BCUT2D eigenvalue weighted by atomic mass is 9.93. The number of fused-ring (bicyclic) bond motifs is 1. The number of rotatable bonds is 2. The predicted octanol–water partition coefficient (Wildman–Crippen LogP) is 3.06. The zero-order valence-corrected chi connectivity index (χ0v) is 11.7. The maximum Gasteiger partial charge on any atom is 0.216 e. The lowest BCUT2D eigenvalue weighted by molar-refractivity contribution is 1.09. The van der Waals surface area contributed by atoms with Gasteiger partial charge >= 0.3 is 0 Å². The van der Waals surface area contributed by atoms with Crippen LogP contribution in [-0.2, 0) is 0 Å². The van der Waals surface area contributed by atoms with Gasteiger partial charge in [0, 0.05) is 0 Å². The second-order valence-electron chi connectivity index (χ2n) is 4.31. The van der Waals surface area contributed by atoms with Crippen molar-refractivity contribution in [3.63, 3.8) is 0 Å². The highest BCUT2D eigenvalue weighted by Gasteiger charge is 2.22. The number of nitrogens with two attached hydrogens (primary N) is 1. The summed E-state index contributed by atoms with van der Waals surface area (Å²) in [5, 5.41) is 0. The average Bonchev–Trinajstić information content (AvgIpc) is 2.80. The van der Waals surface area contributed by atoms with Crippen LogP contribution in [-0.4, -0.2) is 17.7 Å². The Morgan fingerprint density at radius 2 is 2.00 bits per heavy atom. The van der Waals surface area contributed by atoms with E-state index in [0.717, 1.165) is 22.4 Å². The molecule has 1 aromatic rings. The lowest BCUT2D eigenvalue weighted by Crippen LogP contribution is -2.14. The van der Waals surface area contributed by atoms with Gasteiger partial charge in [-0.1, -0.05) is 52.3 Å². The first-order chi connectivity index (χ1) is 9.28. The standard InChI is InChI=1S/C15H12BrN3/c16-9-12(10-4-2-1-3-5-10)11-6-7-13-14(8-11)19-15(17)18-13/h1-9,14H,(H2,17,19). The van der Waals surface area contributed by atoms with E-state index >= 15 is 0 Å². The van der Waals surface area contributed by atoms with E-state index in [0.29, 0.717) is 5.96 Å². The largest absolute Gasteiger partial charge is 0.368 e. The Kier molecular flexibility index (Phi) is 3.17. The van der Waals surface area contributed by atoms with Crippen LogP contribution in [0.2, 0.25) is 0 Å². The Balaban J connectivity index is 1.97. The van der Waals surface area contributed by atoms with Gasteiger partial charge in [0.1, 0.15) is 6.04 Å². The summed E-state index contributed by atoms with van der Waals surface area (Å²) < 4.78 is 0. The van der Waals surface area contributed by atoms with E-state index < -0.39 is 0 Å². The quantitative estimate of drug-likeness (QED) is 0.896. The van der Waals surface area contributed by atoms with Crippen LogP contribution in [0, 0.1) is 0 Å². The zero-order chi connectivity index (χ0) is 13.2. The van der Waals surface area contributed by atoms with Crippen molar-refractivity contribution in [3.05, 3.63) is 64.7 Å². The van der Waals surface area contributed by atoms with Gasteiger partial charge in [0.25, 0.3) is 0 Å². The first-order valence-electron chi connectivity index (χ1n) is 5.96. The molecule has 0 aromatic heterocycles. The summed E-state index contributed by atoms with van der Waals surface area (Å²) in [6.07, 6.45) is 6.10. The number of halogens is 1. The van der Waals surface area contributed by atoms with Crippen LogP contribution in [0.25, 0.3) is 5.57 Å². The Morgan fingerprint density at radius 1 is 1.21 bits per heavy atom. The zero-order valence-electron chi connectivity index (χ0n) is 10.1. The number of nitrogens with zero attached hydrogens (tertiary/aromatic N) is 2. The van der Waals surface area contributed by atoms with Gasteiger partial charge < -0.3 is 5.73 Å². The van der Waals surface area contributed by atoms with Gasteiger partial charge in [-0.25, -0.2) is 9.98 Å². The van der Waals surface area contributed by atoms with Crippen molar-refractivity contribution in [1.82, 2.24) is 0 Å². The second kappa shape index (κ2) is 4.97. The van der Waals surface area contributed by atoms with E-state index in [9.17, 15) is 0 Å². The molecule has 0 bridgehead atoms. The molecule has 1 aliphatic carbocycles. The molecule has 0 radical (unpaired) electrons. The minimum absolute atomic E-state index is 0.0498. The molecule has 1 atom stereocenters. The monoisotopic (exact) mass is 313 g/mol. The summed E-state index contributed by atoms with van der Waals surface area (Å²) in [6, 6.07) is 10.2. The van der Waals surface area contributed by atoms with Gasteiger partial charge in [-0.05, 0) is 33.8 Å². The number of hydrogen-bond donors (Lipinski definition) is 1. The highest BCUT2D eigenvalue weighted by molar-refractivity contribution is 9.11. The molecular weight excluding hydrogens is 302 g/mol. The molecule has 1 aromatic carbocycles. The van der Waals surface area contributed by atoms with E-state index in [1.165, 1.54) is 0 Å². The van der Waals surface area contributed by atoms with E-state index in [1.807, 2.05) is 35.3 Å². The van der Waals surface area contributed by atoms with Crippen molar-refractivity contribution < 1.29 is 0 Å². The van der Waals surface area contributed by atoms with Crippen molar-refractivity contribution in [1.29, 1.82) is 0 Å². The molecule has 0 saturated carbocycles. The summed E-state index contributed by atoms with van der Waals surface area (Å²) in [5.41, 5.74) is 9.94. The summed E-state index contributed by atoms with van der Waals surface area (Å²) >= 11 is 3.45. The lowest BCUT2D eigenvalue weighted by Gasteiger charge is -2.14. The number of allylic oxidation sites excluding steroid dienone is 3. The molecule has 3 nitrogen and oxygen atoms in total. The average molecular weight is 314 g/mol. The highest BCUT2D eigenvalue weighted by atomic mass is 79.9. The first kappa shape index (κ1) is 12.1. The van der Waals surface area contributed by atoms with E-state index in [2.05, 4.69) is 44.1 Å². The fourth-order valence-corrected chi connectivity index (χ4v) is 2.71. The molecule has 1 heterocycles. The fourth-order valence-electron chi connectivity index (χ4n) is 2.19. The van der Waals surface area contributed by atoms with Gasteiger partial charge in [0.2, 0.25) is 5.96 Å². The van der Waals surface area contributed by atoms with Crippen molar-refractivity contribution in [2.24, 2.45) is 15.7 Å². The maximum absolute atomic E-state index is 5.64. The first-order valence-corrected chi connectivity index (χ1v) is 6.87. The van der Waals surface area contributed by atoms with Gasteiger partial charge in [0.05, 0.1) is 5.71 Å². The Labute approximate surface area is 120 Å². The van der Waals surface area contributed by atoms with Crippen LogP contribution in [0.1, 0.15) is 5.56 Å². The predicted molar refractivity (Wildman–Crippen MR) is 83.4 cm³/mol. The molecule has 94 valence electrons. The third-order valence-electron chi connectivity index (χ3n) is 3.09. The fraction of sp³-hybridized carbons (Fsp3) is 0.0667. The molecule has 19 heavy (non-hydrogen) atoms. The van der Waals surface area contributed by atoms with Crippen molar-refractivity contribution in [2.75, 3.05) is 0 Å². The number of benzene rings is 1. The number of guanidine groups is 1. The third kappa shape index (κ3) is 2.31.